The van der Waals surface area contributed by atoms with Gasteiger partial charge in [0.25, 0.3) is 5.91 Å². The third-order valence-electron chi connectivity index (χ3n) is 5.21. The minimum Gasteiger partial charge on any atom is -0.494 e. The Hall–Kier alpha value is -4.26. The van der Waals surface area contributed by atoms with E-state index in [0.29, 0.717) is 48.1 Å². The Kier molecular flexibility index (Phi) is 6.59. The van der Waals surface area contributed by atoms with Gasteiger partial charge < -0.3 is 20.2 Å². The fourth-order valence-electron chi connectivity index (χ4n) is 3.41. The van der Waals surface area contributed by atoms with Crippen molar-refractivity contribution in [3.05, 3.63) is 83.9 Å². The second-order valence-electron chi connectivity index (χ2n) is 7.69. The van der Waals surface area contributed by atoms with Crippen LogP contribution in [0.5, 0.6) is 5.75 Å². The Balaban J connectivity index is 1.28. The molecule has 0 unspecified atom stereocenters. The van der Waals surface area contributed by atoms with E-state index in [9.17, 15) is 9.59 Å². The van der Waals surface area contributed by atoms with E-state index in [1.165, 1.54) is 4.90 Å². The smallest absolute Gasteiger partial charge is 0.255 e. The molecule has 4 rings (SSSR count). The van der Waals surface area contributed by atoms with Crippen LogP contribution in [0.25, 0.3) is 11.0 Å². The number of carbonyl (C=O) groups is 2. The van der Waals surface area contributed by atoms with E-state index in [1.54, 1.807) is 36.4 Å². The third kappa shape index (κ3) is 5.33. The SMILES string of the molecule is Cc1ccc2cc(N(C=O)CCCOc3ccc(C(=O)Nc4ccccc4N)cc3)oc2c1. The van der Waals surface area contributed by atoms with Crippen molar-refractivity contribution >= 4 is 40.5 Å². The summed E-state index contributed by atoms with van der Waals surface area (Å²) >= 11 is 0. The molecule has 0 atom stereocenters. The van der Waals surface area contributed by atoms with Crippen molar-refractivity contribution in [2.45, 2.75) is 13.3 Å². The molecular formula is C26H25N3O4. The van der Waals surface area contributed by atoms with Crippen LogP contribution in [-0.4, -0.2) is 25.5 Å². The molecule has 0 spiro atoms. The second kappa shape index (κ2) is 9.91. The summed E-state index contributed by atoms with van der Waals surface area (Å²) < 4.78 is 11.6. The van der Waals surface area contributed by atoms with Crippen molar-refractivity contribution in [1.82, 2.24) is 0 Å². The Morgan fingerprint density at radius 3 is 2.64 bits per heavy atom. The quantitative estimate of drug-likeness (QED) is 0.215. The molecule has 4 aromatic rings. The number of nitrogens with zero attached hydrogens (tertiary/aromatic N) is 1. The van der Waals surface area contributed by atoms with Crippen LogP contribution >= 0.6 is 0 Å². The van der Waals surface area contributed by atoms with Crippen molar-refractivity contribution < 1.29 is 18.7 Å². The first-order chi connectivity index (χ1) is 16.0. The van der Waals surface area contributed by atoms with Crippen molar-refractivity contribution in [3.63, 3.8) is 0 Å². The number of para-hydroxylation sites is 2. The average Bonchev–Trinajstić information content (AvgIpc) is 3.24. The molecule has 0 aliphatic heterocycles. The highest BCUT2D eigenvalue weighted by atomic mass is 16.5. The molecule has 0 bridgehead atoms. The first-order valence-electron chi connectivity index (χ1n) is 10.6. The molecule has 3 N–H and O–H groups in total. The molecule has 7 nitrogen and oxygen atoms in total. The van der Waals surface area contributed by atoms with Gasteiger partial charge in [-0.25, -0.2) is 0 Å². The first-order valence-corrected chi connectivity index (χ1v) is 10.6. The summed E-state index contributed by atoms with van der Waals surface area (Å²) in [6, 6.07) is 21.7. The minimum atomic E-state index is -0.248. The van der Waals surface area contributed by atoms with Crippen molar-refractivity contribution in [1.29, 1.82) is 0 Å². The lowest BCUT2D eigenvalue weighted by Gasteiger charge is -2.14. The van der Waals surface area contributed by atoms with Gasteiger partial charge in [0.15, 0.2) is 0 Å². The van der Waals surface area contributed by atoms with Crippen LogP contribution in [-0.2, 0) is 4.79 Å². The second-order valence-corrected chi connectivity index (χ2v) is 7.69. The van der Waals surface area contributed by atoms with E-state index in [0.717, 1.165) is 22.9 Å². The van der Waals surface area contributed by atoms with Crippen LogP contribution < -0.4 is 20.7 Å². The molecule has 3 aromatic carbocycles. The van der Waals surface area contributed by atoms with E-state index >= 15 is 0 Å². The fourth-order valence-corrected chi connectivity index (χ4v) is 3.41. The van der Waals surface area contributed by atoms with Crippen molar-refractivity contribution in [2.75, 3.05) is 29.1 Å². The van der Waals surface area contributed by atoms with Gasteiger partial charge in [-0.3, -0.25) is 14.5 Å². The Bertz CT molecular complexity index is 1260. The number of amides is 2. The summed E-state index contributed by atoms with van der Waals surface area (Å²) in [4.78, 5) is 25.5. The number of hydrogen-bond donors (Lipinski definition) is 2. The number of carbonyl (C=O) groups excluding carboxylic acids is 2. The molecule has 168 valence electrons. The zero-order valence-corrected chi connectivity index (χ0v) is 18.3. The van der Waals surface area contributed by atoms with E-state index in [4.69, 9.17) is 14.9 Å². The molecule has 0 fully saturated rings. The monoisotopic (exact) mass is 443 g/mol. The van der Waals surface area contributed by atoms with Gasteiger partial charge in [-0.2, -0.15) is 0 Å². The normalized spacial score (nSPS) is 10.7. The Labute approximate surface area is 191 Å². The lowest BCUT2D eigenvalue weighted by Crippen LogP contribution is -2.23. The predicted molar refractivity (Wildman–Crippen MR) is 130 cm³/mol. The van der Waals surface area contributed by atoms with Gasteiger partial charge in [0.2, 0.25) is 12.3 Å². The zero-order valence-electron chi connectivity index (χ0n) is 18.3. The van der Waals surface area contributed by atoms with Crippen LogP contribution in [0.2, 0.25) is 0 Å². The van der Waals surface area contributed by atoms with Gasteiger partial charge >= 0.3 is 0 Å². The molecule has 0 aliphatic rings. The molecule has 0 saturated carbocycles. The number of anilines is 3. The molecule has 2 amide bonds. The van der Waals surface area contributed by atoms with E-state index in [2.05, 4.69) is 5.32 Å². The highest BCUT2D eigenvalue weighted by Gasteiger charge is 2.12. The lowest BCUT2D eigenvalue weighted by molar-refractivity contribution is -0.107. The minimum absolute atomic E-state index is 0.248. The predicted octanol–water partition coefficient (Wildman–Crippen LogP) is 5.01. The molecular weight excluding hydrogens is 418 g/mol. The summed E-state index contributed by atoms with van der Waals surface area (Å²) in [7, 11) is 0. The Morgan fingerprint density at radius 1 is 1.09 bits per heavy atom. The fraction of sp³-hybridized carbons (Fsp3) is 0.154. The number of benzene rings is 3. The molecule has 0 aliphatic carbocycles. The third-order valence-corrected chi connectivity index (χ3v) is 5.21. The maximum absolute atomic E-state index is 12.4. The topological polar surface area (TPSA) is 97.8 Å². The number of ether oxygens (including phenoxy) is 1. The van der Waals surface area contributed by atoms with Gasteiger partial charge in [0.05, 0.1) is 18.0 Å². The molecule has 1 heterocycles. The summed E-state index contributed by atoms with van der Waals surface area (Å²) in [6.45, 7) is 2.87. The van der Waals surface area contributed by atoms with E-state index in [-0.39, 0.29) is 5.91 Å². The van der Waals surface area contributed by atoms with Gasteiger partial charge in [-0.05, 0) is 61.4 Å². The van der Waals surface area contributed by atoms with Crippen molar-refractivity contribution in [3.8, 4) is 5.75 Å². The van der Waals surface area contributed by atoms with Crippen LogP contribution in [0.1, 0.15) is 22.3 Å². The van der Waals surface area contributed by atoms with Crippen LogP contribution in [0, 0.1) is 6.92 Å². The summed E-state index contributed by atoms with van der Waals surface area (Å²) in [5.74, 6) is 0.907. The van der Waals surface area contributed by atoms with E-state index in [1.807, 2.05) is 43.3 Å². The van der Waals surface area contributed by atoms with Gasteiger partial charge in [0.1, 0.15) is 11.3 Å². The maximum atomic E-state index is 12.4. The highest BCUT2D eigenvalue weighted by Crippen LogP contribution is 2.26. The number of hydrogen-bond acceptors (Lipinski definition) is 5. The molecule has 1 aromatic heterocycles. The molecule has 7 heteroatoms. The molecule has 33 heavy (non-hydrogen) atoms. The number of nitrogens with one attached hydrogen (secondary N) is 1. The number of nitrogens with two attached hydrogens (primary N) is 1. The van der Waals surface area contributed by atoms with Crippen LogP contribution in [0.3, 0.4) is 0 Å². The number of fused-ring (bicyclic) bond motifs is 1. The van der Waals surface area contributed by atoms with E-state index < -0.39 is 0 Å². The van der Waals surface area contributed by atoms with Crippen LogP contribution in [0.15, 0.2) is 77.2 Å². The maximum Gasteiger partial charge on any atom is 0.255 e. The first kappa shape index (κ1) is 22.0. The van der Waals surface area contributed by atoms with Gasteiger partial charge in [0, 0.05) is 23.6 Å². The van der Waals surface area contributed by atoms with Crippen molar-refractivity contribution in [2.24, 2.45) is 0 Å². The number of aryl methyl sites for hydroxylation is 1. The Morgan fingerprint density at radius 2 is 1.88 bits per heavy atom. The average molecular weight is 444 g/mol. The zero-order chi connectivity index (χ0) is 23.2. The number of furan rings is 1. The standard InChI is InChI=1S/C26H25N3O4/c1-18-7-8-20-16-25(33-24(20)15-18)29(17-30)13-4-14-32-21-11-9-19(10-12-21)26(31)28-23-6-3-2-5-22(23)27/h2-3,5-12,15-17H,4,13-14,27H2,1H3,(H,28,31). The highest BCUT2D eigenvalue weighted by molar-refractivity contribution is 6.05. The summed E-state index contributed by atoms with van der Waals surface area (Å²) in [6.07, 6.45) is 1.38. The number of rotatable bonds is 9. The summed E-state index contributed by atoms with van der Waals surface area (Å²) in [5, 5.41) is 3.75. The summed E-state index contributed by atoms with van der Waals surface area (Å²) in [5.41, 5.74) is 9.30. The van der Waals surface area contributed by atoms with Gasteiger partial charge in [-0.15, -0.1) is 0 Å². The largest absolute Gasteiger partial charge is 0.494 e. The molecule has 0 saturated heterocycles. The van der Waals surface area contributed by atoms with Gasteiger partial charge in [-0.1, -0.05) is 24.3 Å². The lowest BCUT2D eigenvalue weighted by atomic mass is 10.2. The number of nitrogen functional groups attached to an aromatic ring is 1. The van der Waals surface area contributed by atoms with Crippen LogP contribution in [0.4, 0.5) is 17.3 Å². The molecule has 0 radical (unpaired) electrons.